The number of hydrogen-bond donors (Lipinski definition) is 1. The SMILES string of the molecule is CN(C)C(=O)c1ccc(CCNc2ncnc3c2sc2nc4c(cc23)COC(C)(C)C4)cc1. The van der Waals surface area contributed by atoms with Crippen molar-refractivity contribution in [2.24, 2.45) is 0 Å². The Bertz CT molecular complexity index is 1340. The van der Waals surface area contributed by atoms with E-state index >= 15 is 0 Å². The summed E-state index contributed by atoms with van der Waals surface area (Å²) in [5, 5.41) is 4.53. The van der Waals surface area contributed by atoms with Gasteiger partial charge in [-0.25, -0.2) is 15.0 Å². The number of benzene rings is 1. The Balaban J connectivity index is 1.35. The van der Waals surface area contributed by atoms with Crippen LogP contribution in [0, 0.1) is 0 Å². The highest BCUT2D eigenvalue weighted by molar-refractivity contribution is 7.25. The van der Waals surface area contributed by atoms with Crippen LogP contribution in [0.5, 0.6) is 0 Å². The van der Waals surface area contributed by atoms with E-state index in [4.69, 9.17) is 9.72 Å². The van der Waals surface area contributed by atoms with Gasteiger partial charge < -0.3 is 15.0 Å². The summed E-state index contributed by atoms with van der Waals surface area (Å²) in [5.41, 5.74) is 4.86. The highest BCUT2D eigenvalue weighted by Crippen LogP contribution is 2.37. The summed E-state index contributed by atoms with van der Waals surface area (Å²) >= 11 is 1.63. The Labute approximate surface area is 196 Å². The third kappa shape index (κ3) is 4.28. The van der Waals surface area contributed by atoms with Crippen molar-refractivity contribution in [2.75, 3.05) is 26.0 Å². The first-order chi connectivity index (χ1) is 15.8. The van der Waals surface area contributed by atoms with Gasteiger partial charge in [0.15, 0.2) is 0 Å². The van der Waals surface area contributed by atoms with Crippen LogP contribution in [0.2, 0.25) is 0 Å². The van der Waals surface area contributed by atoms with E-state index in [0.717, 1.165) is 62.5 Å². The average Bonchev–Trinajstić information content (AvgIpc) is 3.15. The van der Waals surface area contributed by atoms with Gasteiger partial charge in [0.25, 0.3) is 5.91 Å². The summed E-state index contributed by atoms with van der Waals surface area (Å²) in [5.74, 6) is 0.843. The van der Waals surface area contributed by atoms with Gasteiger partial charge >= 0.3 is 0 Å². The molecule has 1 aliphatic rings. The first-order valence-electron chi connectivity index (χ1n) is 11.1. The molecule has 8 heteroatoms. The second kappa shape index (κ2) is 8.35. The molecule has 170 valence electrons. The Morgan fingerprint density at radius 1 is 1.21 bits per heavy atom. The van der Waals surface area contributed by atoms with E-state index in [-0.39, 0.29) is 11.5 Å². The number of nitrogens with one attached hydrogen (secondary N) is 1. The van der Waals surface area contributed by atoms with E-state index < -0.39 is 0 Å². The number of carbonyl (C=O) groups excluding carboxylic acids is 1. The lowest BCUT2D eigenvalue weighted by Gasteiger charge is -2.30. The lowest BCUT2D eigenvalue weighted by molar-refractivity contribution is -0.0411. The fourth-order valence-electron chi connectivity index (χ4n) is 4.11. The topological polar surface area (TPSA) is 80.2 Å². The third-order valence-corrected chi connectivity index (χ3v) is 7.03. The lowest BCUT2D eigenvalue weighted by Crippen LogP contribution is -2.32. The first kappa shape index (κ1) is 21.7. The first-order valence-corrected chi connectivity index (χ1v) is 11.9. The molecule has 3 aromatic heterocycles. The van der Waals surface area contributed by atoms with Gasteiger partial charge in [-0.1, -0.05) is 12.1 Å². The molecular formula is C25H27N5O2S. The van der Waals surface area contributed by atoms with E-state index in [2.05, 4.69) is 35.2 Å². The Hall–Kier alpha value is -3.10. The van der Waals surface area contributed by atoms with Crippen LogP contribution in [0.15, 0.2) is 36.7 Å². The van der Waals surface area contributed by atoms with Gasteiger partial charge in [0.2, 0.25) is 0 Å². The van der Waals surface area contributed by atoms with Gasteiger partial charge in [0, 0.05) is 43.6 Å². The van der Waals surface area contributed by atoms with Crippen molar-refractivity contribution in [3.8, 4) is 0 Å². The Kier molecular flexibility index (Phi) is 5.50. The number of ether oxygens (including phenoxy) is 1. The minimum atomic E-state index is -0.186. The number of pyridine rings is 1. The molecule has 7 nitrogen and oxygen atoms in total. The summed E-state index contributed by atoms with van der Waals surface area (Å²) in [6.07, 6.45) is 3.24. The molecule has 1 amide bonds. The van der Waals surface area contributed by atoms with Crippen molar-refractivity contribution < 1.29 is 9.53 Å². The molecule has 0 unspecified atom stereocenters. The maximum Gasteiger partial charge on any atom is 0.253 e. The van der Waals surface area contributed by atoms with Crippen molar-refractivity contribution in [2.45, 2.75) is 38.9 Å². The number of amides is 1. The average molecular weight is 462 g/mol. The summed E-state index contributed by atoms with van der Waals surface area (Å²) in [6, 6.07) is 9.95. The molecule has 0 saturated heterocycles. The molecule has 0 bridgehead atoms. The van der Waals surface area contributed by atoms with Gasteiger partial charge in [-0.3, -0.25) is 4.79 Å². The standard InChI is InChI=1S/C25H27N5O2S/c1-25(2)12-19-17(13-32-25)11-18-20-21(33-23(18)29-19)22(28-14-27-20)26-10-9-15-5-7-16(8-6-15)24(31)30(3)4/h5-8,11,14H,9-10,12-13H2,1-4H3,(H,26,27,28). The molecule has 0 saturated carbocycles. The minimum Gasteiger partial charge on any atom is -0.370 e. The summed E-state index contributed by atoms with van der Waals surface area (Å²) in [6.45, 7) is 5.52. The van der Waals surface area contributed by atoms with Crippen LogP contribution in [0.25, 0.3) is 20.4 Å². The van der Waals surface area contributed by atoms with E-state index in [1.54, 1.807) is 36.7 Å². The van der Waals surface area contributed by atoms with Gasteiger partial charge in [0.05, 0.1) is 28.1 Å². The third-order valence-electron chi connectivity index (χ3n) is 5.94. The smallest absolute Gasteiger partial charge is 0.253 e. The number of fused-ring (bicyclic) bond motifs is 4. The van der Waals surface area contributed by atoms with Gasteiger partial charge in [-0.05, 0) is 44.0 Å². The van der Waals surface area contributed by atoms with Crippen LogP contribution < -0.4 is 5.32 Å². The van der Waals surface area contributed by atoms with Crippen molar-refractivity contribution >= 4 is 43.5 Å². The van der Waals surface area contributed by atoms with Crippen LogP contribution in [-0.2, 0) is 24.2 Å². The molecule has 0 atom stereocenters. The van der Waals surface area contributed by atoms with Crippen LogP contribution in [0.4, 0.5) is 5.82 Å². The Morgan fingerprint density at radius 3 is 2.76 bits per heavy atom. The predicted molar refractivity (Wildman–Crippen MR) is 132 cm³/mol. The molecule has 0 aliphatic carbocycles. The summed E-state index contributed by atoms with van der Waals surface area (Å²) < 4.78 is 7.00. The second-order valence-electron chi connectivity index (χ2n) is 9.25. The zero-order valence-electron chi connectivity index (χ0n) is 19.3. The number of nitrogens with zero attached hydrogens (tertiary/aromatic N) is 4. The molecule has 33 heavy (non-hydrogen) atoms. The number of anilines is 1. The van der Waals surface area contributed by atoms with Crippen LogP contribution in [0.1, 0.15) is 41.0 Å². The molecule has 0 radical (unpaired) electrons. The molecule has 1 aromatic carbocycles. The minimum absolute atomic E-state index is 0.0122. The van der Waals surface area contributed by atoms with E-state index in [1.807, 2.05) is 24.3 Å². The van der Waals surface area contributed by atoms with Crippen LogP contribution in [-0.4, -0.2) is 52.0 Å². The number of thiophene rings is 1. The zero-order valence-corrected chi connectivity index (χ0v) is 20.1. The molecule has 0 fully saturated rings. The fraction of sp³-hybridized carbons (Fsp3) is 0.360. The Morgan fingerprint density at radius 2 is 2.00 bits per heavy atom. The summed E-state index contributed by atoms with van der Waals surface area (Å²) in [4.78, 5) is 28.7. The van der Waals surface area contributed by atoms with Crippen molar-refractivity contribution in [1.82, 2.24) is 19.9 Å². The van der Waals surface area contributed by atoms with Crippen molar-refractivity contribution in [1.29, 1.82) is 0 Å². The van der Waals surface area contributed by atoms with Gasteiger partial charge in [0.1, 0.15) is 17.0 Å². The number of carbonyl (C=O) groups is 1. The number of aromatic nitrogens is 3. The van der Waals surface area contributed by atoms with Gasteiger partial charge in [-0.15, -0.1) is 11.3 Å². The largest absolute Gasteiger partial charge is 0.370 e. The second-order valence-corrected chi connectivity index (χ2v) is 10.2. The highest BCUT2D eigenvalue weighted by atomic mass is 32.1. The molecule has 1 N–H and O–H groups in total. The molecule has 4 aromatic rings. The van der Waals surface area contributed by atoms with Crippen LogP contribution >= 0.6 is 11.3 Å². The predicted octanol–water partition coefficient (Wildman–Crippen LogP) is 4.45. The summed E-state index contributed by atoms with van der Waals surface area (Å²) in [7, 11) is 3.52. The molecular weight excluding hydrogens is 434 g/mol. The normalized spacial score (nSPS) is 14.9. The zero-order chi connectivity index (χ0) is 23.2. The molecule has 0 spiro atoms. The van der Waals surface area contributed by atoms with Crippen molar-refractivity contribution in [3.05, 3.63) is 59.0 Å². The lowest BCUT2D eigenvalue weighted by atomic mass is 9.95. The van der Waals surface area contributed by atoms with Gasteiger partial charge in [-0.2, -0.15) is 0 Å². The van der Waals surface area contributed by atoms with E-state index in [9.17, 15) is 4.79 Å². The van der Waals surface area contributed by atoms with E-state index in [0.29, 0.717) is 12.2 Å². The fourth-order valence-corrected chi connectivity index (χ4v) is 5.20. The maximum absolute atomic E-state index is 12.1. The quantitative estimate of drug-likeness (QED) is 0.473. The number of rotatable bonds is 5. The molecule has 1 aliphatic heterocycles. The highest BCUT2D eigenvalue weighted by Gasteiger charge is 2.28. The van der Waals surface area contributed by atoms with Crippen molar-refractivity contribution in [3.63, 3.8) is 0 Å². The maximum atomic E-state index is 12.1. The molecule has 5 rings (SSSR count). The molecule has 4 heterocycles. The number of hydrogen-bond acceptors (Lipinski definition) is 7. The monoisotopic (exact) mass is 461 g/mol. The van der Waals surface area contributed by atoms with Crippen LogP contribution in [0.3, 0.4) is 0 Å². The van der Waals surface area contributed by atoms with E-state index in [1.165, 1.54) is 0 Å².